The van der Waals surface area contributed by atoms with Gasteiger partial charge in [-0.1, -0.05) is 30.3 Å². The minimum absolute atomic E-state index is 0.129. The first-order valence-corrected chi connectivity index (χ1v) is 9.21. The van der Waals surface area contributed by atoms with Crippen molar-refractivity contribution in [2.45, 2.75) is 31.1 Å². The van der Waals surface area contributed by atoms with Crippen molar-refractivity contribution in [3.63, 3.8) is 0 Å². The second kappa shape index (κ2) is 6.79. The molecule has 2 fully saturated rings. The molecule has 0 aromatic heterocycles. The Morgan fingerprint density at radius 2 is 1.64 bits per heavy atom. The highest BCUT2D eigenvalue weighted by atomic mass is 16.2. The molecule has 1 saturated carbocycles. The number of anilines is 2. The van der Waals surface area contributed by atoms with Gasteiger partial charge in [0.1, 0.15) is 0 Å². The number of amides is 2. The summed E-state index contributed by atoms with van der Waals surface area (Å²) in [4.78, 5) is 14.6. The van der Waals surface area contributed by atoms with Gasteiger partial charge < -0.3 is 15.5 Å². The lowest BCUT2D eigenvalue weighted by Gasteiger charge is -2.18. The fraction of sp³-hybridized carbons (Fsp3) is 0.381. The Morgan fingerprint density at radius 3 is 2.28 bits per heavy atom. The fourth-order valence-corrected chi connectivity index (χ4v) is 3.67. The van der Waals surface area contributed by atoms with E-state index in [-0.39, 0.29) is 11.4 Å². The Labute approximate surface area is 149 Å². The Bertz CT molecular complexity index is 717. The van der Waals surface area contributed by atoms with Gasteiger partial charge in [-0.3, -0.25) is 0 Å². The number of urea groups is 1. The normalized spacial score (nSPS) is 18.0. The maximum Gasteiger partial charge on any atom is 0.319 e. The van der Waals surface area contributed by atoms with Gasteiger partial charge in [-0.05, 0) is 55.5 Å². The lowest BCUT2D eigenvalue weighted by Crippen LogP contribution is -2.35. The van der Waals surface area contributed by atoms with Gasteiger partial charge in [0.25, 0.3) is 0 Å². The minimum atomic E-state index is -0.129. The number of nitrogens with one attached hydrogen (secondary N) is 2. The highest BCUT2D eigenvalue weighted by Gasteiger charge is 2.44. The van der Waals surface area contributed by atoms with Crippen molar-refractivity contribution in [2.75, 3.05) is 29.9 Å². The largest absolute Gasteiger partial charge is 0.372 e. The summed E-state index contributed by atoms with van der Waals surface area (Å²) in [7, 11) is 0. The van der Waals surface area contributed by atoms with Crippen molar-refractivity contribution in [1.82, 2.24) is 5.32 Å². The molecule has 0 radical (unpaired) electrons. The third-order valence-electron chi connectivity index (χ3n) is 5.42. The number of hydrogen-bond acceptors (Lipinski definition) is 2. The van der Waals surface area contributed by atoms with Crippen molar-refractivity contribution < 1.29 is 4.79 Å². The van der Waals surface area contributed by atoms with Crippen LogP contribution in [-0.4, -0.2) is 25.7 Å². The second-order valence-corrected chi connectivity index (χ2v) is 7.20. The van der Waals surface area contributed by atoms with Crippen LogP contribution in [0.2, 0.25) is 0 Å². The molecular formula is C21H25N3O. The first kappa shape index (κ1) is 16.0. The second-order valence-electron chi connectivity index (χ2n) is 7.20. The van der Waals surface area contributed by atoms with E-state index in [1.54, 1.807) is 0 Å². The van der Waals surface area contributed by atoms with Gasteiger partial charge in [0.15, 0.2) is 0 Å². The molecule has 2 aromatic rings. The molecule has 1 saturated heterocycles. The van der Waals surface area contributed by atoms with Crippen LogP contribution in [0.15, 0.2) is 54.6 Å². The molecule has 0 unspecified atom stereocenters. The molecule has 1 aliphatic heterocycles. The third kappa shape index (κ3) is 3.63. The van der Waals surface area contributed by atoms with Crippen LogP contribution in [0, 0.1) is 0 Å². The number of carbonyl (C=O) groups is 1. The van der Waals surface area contributed by atoms with E-state index in [4.69, 9.17) is 0 Å². The molecule has 4 rings (SSSR count). The number of nitrogens with zero attached hydrogens (tertiary/aromatic N) is 1. The third-order valence-corrected chi connectivity index (χ3v) is 5.42. The molecule has 2 N–H and O–H groups in total. The minimum Gasteiger partial charge on any atom is -0.372 e. The molecule has 0 bridgehead atoms. The van der Waals surface area contributed by atoms with E-state index in [0.29, 0.717) is 6.54 Å². The fourth-order valence-electron chi connectivity index (χ4n) is 3.67. The summed E-state index contributed by atoms with van der Waals surface area (Å²) < 4.78 is 0. The predicted octanol–water partition coefficient (Wildman–Crippen LogP) is 4.14. The Morgan fingerprint density at radius 1 is 0.960 bits per heavy atom. The first-order chi connectivity index (χ1) is 12.3. The zero-order valence-corrected chi connectivity index (χ0v) is 14.5. The molecule has 1 aliphatic carbocycles. The number of carbonyl (C=O) groups excluding carboxylic acids is 1. The van der Waals surface area contributed by atoms with Gasteiger partial charge in [-0.15, -0.1) is 0 Å². The summed E-state index contributed by atoms with van der Waals surface area (Å²) in [6.45, 7) is 2.96. The SMILES string of the molecule is O=C(NCC1(c2ccccc2)CC1)Nc1ccc(N2CCCC2)cc1. The summed E-state index contributed by atoms with van der Waals surface area (Å²) in [5.74, 6) is 0. The summed E-state index contributed by atoms with van der Waals surface area (Å²) in [6.07, 6.45) is 4.82. The molecule has 130 valence electrons. The molecule has 25 heavy (non-hydrogen) atoms. The van der Waals surface area contributed by atoms with Crippen molar-refractivity contribution in [3.05, 3.63) is 60.2 Å². The van der Waals surface area contributed by atoms with E-state index in [9.17, 15) is 4.79 Å². The van der Waals surface area contributed by atoms with Crippen molar-refractivity contribution in [1.29, 1.82) is 0 Å². The zero-order chi connectivity index (χ0) is 17.1. The van der Waals surface area contributed by atoms with E-state index in [1.807, 2.05) is 18.2 Å². The monoisotopic (exact) mass is 335 g/mol. The van der Waals surface area contributed by atoms with E-state index < -0.39 is 0 Å². The zero-order valence-electron chi connectivity index (χ0n) is 14.5. The predicted molar refractivity (Wildman–Crippen MR) is 102 cm³/mol. The van der Waals surface area contributed by atoms with Crippen LogP contribution in [0.5, 0.6) is 0 Å². The van der Waals surface area contributed by atoms with Crippen LogP contribution in [0.1, 0.15) is 31.2 Å². The Kier molecular flexibility index (Phi) is 4.35. The molecule has 2 amide bonds. The summed E-state index contributed by atoms with van der Waals surface area (Å²) in [5.41, 5.74) is 3.54. The summed E-state index contributed by atoms with van der Waals surface area (Å²) >= 11 is 0. The smallest absolute Gasteiger partial charge is 0.319 e. The van der Waals surface area contributed by atoms with Crippen LogP contribution in [0.25, 0.3) is 0 Å². The van der Waals surface area contributed by atoms with Gasteiger partial charge in [0, 0.05) is 36.4 Å². The van der Waals surface area contributed by atoms with Crippen LogP contribution in [-0.2, 0) is 5.41 Å². The molecule has 2 aromatic carbocycles. The van der Waals surface area contributed by atoms with Gasteiger partial charge in [0.05, 0.1) is 0 Å². The van der Waals surface area contributed by atoms with Gasteiger partial charge >= 0.3 is 6.03 Å². The number of hydrogen-bond donors (Lipinski definition) is 2. The Hall–Kier alpha value is -2.49. The van der Waals surface area contributed by atoms with Gasteiger partial charge in [-0.2, -0.15) is 0 Å². The molecule has 2 aliphatic rings. The van der Waals surface area contributed by atoms with E-state index in [1.165, 1.54) is 24.1 Å². The quantitative estimate of drug-likeness (QED) is 0.862. The molecule has 0 spiro atoms. The van der Waals surface area contributed by atoms with Gasteiger partial charge in [-0.25, -0.2) is 4.79 Å². The van der Waals surface area contributed by atoms with E-state index in [0.717, 1.165) is 31.6 Å². The molecule has 4 heteroatoms. The molecule has 4 nitrogen and oxygen atoms in total. The lowest BCUT2D eigenvalue weighted by atomic mass is 9.96. The van der Waals surface area contributed by atoms with Gasteiger partial charge in [0.2, 0.25) is 0 Å². The maximum atomic E-state index is 12.2. The van der Waals surface area contributed by atoms with Crippen LogP contribution < -0.4 is 15.5 Å². The lowest BCUT2D eigenvalue weighted by molar-refractivity contribution is 0.251. The van der Waals surface area contributed by atoms with E-state index >= 15 is 0 Å². The molecular weight excluding hydrogens is 310 g/mol. The summed E-state index contributed by atoms with van der Waals surface area (Å²) in [6, 6.07) is 18.5. The highest BCUT2D eigenvalue weighted by molar-refractivity contribution is 5.89. The summed E-state index contributed by atoms with van der Waals surface area (Å²) in [5, 5.41) is 5.98. The maximum absolute atomic E-state index is 12.2. The van der Waals surface area contributed by atoms with Crippen molar-refractivity contribution >= 4 is 17.4 Å². The standard InChI is InChI=1S/C21H25N3O/c25-20(22-16-21(12-13-21)17-6-2-1-3-7-17)23-18-8-10-19(11-9-18)24-14-4-5-15-24/h1-3,6-11H,4-5,12-16H2,(H2,22,23,25). The molecule has 0 atom stereocenters. The van der Waals surface area contributed by atoms with Crippen molar-refractivity contribution in [3.8, 4) is 0 Å². The van der Waals surface area contributed by atoms with Crippen LogP contribution in [0.3, 0.4) is 0 Å². The first-order valence-electron chi connectivity index (χ1n) is 9.21. The topological polar surface area (TPSA) is 44.4 Å². The van der Waals surface area contributed by atoms with E-state index in [2.05, 4.69) is 51.9 Å². The average molecular weight is 335 g/mol. The molecule has 1 heterocycles. The Balaban J connectivity index is 1.30. The van der Waals surface area contributed by atoms with Crippen molar-refractivity contribution in [2.24, 2.45) is 0 Å². The van der Waals surface area contributed by atoms with Crippen LogP contribution >= 0.6 is 0 Å². The highest BCUT2D eigenvalue weighted by Crippen LogP contribution is 2.47. The average Bonchev–Trinajstić information content (AvgIpc) is 3.25. The number of benzene rings is 2. The van der Waals surface area contributed by atoms with Crippen LogP contribution in [0.4, 0.5) is 16.2 Å². The number of rotatable bonds is 5.